The minimum absolute atomic E-state index is 0.0120. The summed E-state index contributed by atoms with van der Waals surface area (Å²) < 4.78 is 9.56. The van der Waals surface area contributed by atoms with E-state index in [0.29, 0.717) is 16.4 Å². The third kappa shape index (κ3) is 5.32. The van der Waals surface area contributed by atoms with E-state index >= 15 is 0 Å². The number of aryl methyl sites for hydroxylation is 1. The van der Waals surface area contributed by atoms with Gasteiger partial charge < -0.3 is 20.1 Å². The van der Waals surface area contributed by atoms with Crippen molar-refractivity contribution in [1.29, 1.82) is 0 Å². The van der Waals surface area contributed by atoms with E-state index in [2.05, 4.69) is 34.7 Å². The van der Waals surface area contributed by atoms with Gasteiger partial charge >= 0.3 is 11.9 Å². The van der Waals surface area contributed by atoms with E-state index in [1.807, 2.05) is 12.1 Å². The van der Waals surface area contributed by atoms with Crippen LogP contribution in [-0.4, -0.2) is 37.0 Å². The van der Waals surface area contributed by atoms with Crippen molar-refractivity contribution in [1.82, 2.24) is 4.98 Å². The monoisotopic (exact) mass is 473 g/mol. The topological polar surface area (TPSA) is 107 Å². The highest BCUT2D eigenvalue weighted by molar-refractivity contribution is 7.18. The number of nitrogens with zero attached hydrogens (tertiary/aromatic N) is 1. The molecule has 0 aliphatic rings. The van der Waals surface area contributed by atoms with Crippen LogP contribution in [0.4, 0.5) is 15.8 Å². The van der Waals surface area contributed by atoms with Gasteiger partial charge in [-0.15, -0.1) is 22.7 Å². The Bertz CT molecular complexity index is 1140. The zero-order chi connectivity index (χ0) is 23.3. The van der Waals surface area contributed by atoms with Crippen LogP contribution in [0.25, 0.3) is 0 Å². The third-order valence-corrected chi connectivity index (χ3v) is 6.66. The number of rotatable bonds is 8. The first-order valence-electron chi connectivity index (χ1n) is 9.76. The summed E-state index contributed by atoms with van der Waals surface area (Å²) in [7, 11) is 2.49. The number of hydrogen-bond donors (Lipinski definition) is 2. The minimum atomic E-state index is -0.640. The molecule has 168 valence electrons. The Labute approximate surface area is 193 Å². The Morgan fingerprint density at radius 3 is 2.38 bits per heavy atom. The van der Waals surface area contributed by atoms with Crippen molar-refractivity contribution in [3.05, 3.63) is 56.9 Å². The number of ether oxygens (including phenoxy) is 2. The number of hydrogen-bond acceptors (Lipinski definition) is 9. The molecule has 0 aliphatic heterocycles. The van der Waals surface area contributed by atoms with Gasteiger partial charge in [0.2, 0.25) is 5.91 Å². The van der Waals surface area contributed by atoms with Crippen molar-refractivity contribution in [3.8, 4) is 0 Å². The summed E-state index contributed by atoms with van der Waals surface area (Å²) in [5.74, 6) is -1.59. The smallest absolute Gasteiger partial charge is 0.348 e. The fourth-order valence-electron chi connectivity index (χ4n) is 2.96. The molecule has 0 unspecified atom stereocenters. The number of carbonyl (C=O) groups excluding carboxylic acids is 3. The maximum Gasteiger partial charge on any atom is 0.348 e. The van der Waals surface area contributed by atoms with Gasteiger partial charge in [-0.2, -0.15) is 0 Å². The number of esters is 2. The van der Waals surface area contributed by atoms with Crippen LogP contribution in [0.5, 0.6) is 0 Å². The summed E-state index contributed by atoms with van der Waals surface area (Å²) in [5.41, 5.74) is 3.29. The zero-order valence-electron chi connectivity index (χ0n) is 18.1. The molecule has 0 saturated carbocycles. The van der Waals surface area contributed by atoms with Crippen LogP contribution in [0.1, 0.15) is 43.8 Å². The lowest BCUT2D eigenvalue weighted by molar-refractivity contribution is -0.115. The van der Waals surface area contributed by atoms with E-state index in [1.54, 1.807) is 12.3 Å². The molecule has 3 rings (SSSR count). The predicted octanol–water partition coefficient (Wildman–Crippen LogP) is 4.57. The maximum absolute atomic E-state index is 12.6. The molecule has 2 N–H and O–H groups in total. The fourth-order valence-corrected chi connectivity index (χ4v) is 4.82. The molecule has 0 atom stereocenters. The molecule has 0 fully saturated rings. The quantitative estimate of drug-likeness (QED) is 0.461. The van der Waals surface area contributed by atoms with Crippen LogP contribution in [0, 0.1) is 6.92 Å². The number of benzene rings is 1. The van der Waals surface area contributed by atoms with Crippen LogP contribution < -0.4 is 10.6 Å². The number of aromatic nitrogens is 1. The summed E-state index contributed by atoms with van der Waals surface area (Å²) in [4.78, 5) is 41.5. The van der Waals surface area contributed by atoms with Gasteiger partial charge in [0, 0.05) is 11.1 Å². The van der Waals surface area contributed by atoms with Gasteiger partial charge in [-0.05, 0) is 36.6 Å². The van der Waals surface area contributed by atoms with Crippen molar-refractivity contribution < 1.29 is 23.9 Å². The molecule has 2 heterocycles. The van der Waals surface area contributed by atoms with Crippen molar-refractivity contribution in [2.45, 2.75) is 26.7 Å². The van der Waals surface area contributed by atoms with Gasteiger partial charge in [0.25, 0.3) is 0 Å². The Morgan fingerprint density at radius 1 is 1.06 bits per heavy atom. The van der Waals surface area contributed by atoms with Gasteiger partial charge in [-0.25, -0.2) is 14.6 Å². The maximum atomic E-state index is 12.6. The summed E-state index contributed by atoms with van der Waals surface area (Å²) in [6.45, 7) is 3.71. The van der Waals surface area contributed by atoms with Crippen molar-refractivity contribution in [2.24, 2.45) is 0 Å². The fraction of sp³-hybridized carbons (Fsp3) is 0.273. The number of thiophene rings is 1. The van der Waals surface area contributed by atoms with Gasteiger partial charge in [0.15, 0.2) is 5.13 Å². The van der Waals surface area contributed by atoms with Crippen LogP contribution in [-0.2, 0) is 27.1 Å². The average Bonchev–Trinajstić information content (AvgIpc) is 3.36. The second kappa shape index (κ2) is 10.4. The SMILES string of the molecule is CCc1ccc(Nc2nc(CC(=O)Nc3sc(C(=O)OC)c(C)c3C(=O)OC)cs2)cc1. The van der Waals surface area contributed by atoms with E-state index in [0.717, 1.165) is 23.4 Å². The molecule has 0 radical (unpaired) electrons. The highest BCUT2D eigenvalue weighted by Gasteiger charge is 2.26. The van der Waals surface area contributed by atoms with E-state index < -0.39 is 11.9 Å². The molecule has 0 spiro atoms. The highest BCUT2D eigenvalue weighted by atomic mass is 32.1. The van der Waals surface area contributed by atoms with Crippen LogP contribution in [0.2, 0.25) is 0 Å². The predicted molar refractivity (Wildman–Crippen MR) is 125 cm³/mol. The van der Waals surface area contributed by atoms with Crippen molar-refractivity contribution in [2.75, 3.05) is 24.9 Å². The second-order valence-corrected chi connectivity index (χ2v) is 8.67. The van der Waals surface area contributed by atoms with Gasteiger partial charge in [0.1, 0.15) is 9.88 Å². The number of amides is 1. The normalized spacial score (nSPS) is 10.5. The van der Waals surface area contributed by atoms with Crippen LogP contribution in [0.3, 0.4) is 0 Å². The number of methoxy groups -OCH3 is 2. The molecule has 2 aromatic heterocycles. The Hall–Kier alpha value is -3.24. The number of carbonyl (C=O) groups is 3. The van der Waals surface area contributed by atoms with E-state index in [-0.39, 0.29) is 27.8 Å². The number of anilines is 3. The Morgan fingerprint density at radius 2 is 1.75 bits per heavy atom. The molecule has 10 heteroatoms. The molecular weight excluding hydrogens is 450 g/mol. The highest BCUT2D eigenvalue weighted by Crippen LogP contribution is 2.34. The zero-order valence-corrected chi connectivity index (χ0v) is 19.7. The molecule has 1 aromatic carbocycles. The molecule has 0 bridgehead atoms. The summed E-state index contributed by atoms with van der Waals surface area (Å²) in [5, 5.41) is 8.63. The summed E-state index contributed by atoms with van der Waals surface area (Å²) in [6, 6.07) is 8.07. The number of nitrogens with one attached hydrogen (secondary N) is 2. The first-order chi connectivity index (χ1) is 15.4. The molecule has 32 heavy (non-hydrogen) atoms. The first-order valence-corrected chi connectivity index (χ1v) is 11.5. The van der Waals surface area contributed by atoms with Crippen LogP contribution >= 0.6 is 22.7 Å². The lowest BCUT2D eigenvalue weighted by Gasteiger charge is -2.05. The lowest BCUT2D eigenvalue weighted by Crippen LogP contribution is -2.16. The van der Waals surface area contributed by atoms with E-state index in [9.17, 15) is 14.4 Å². The molecule has 3 aromatic rings. The molecule has 0 aliphatic carbocycles. The van der Waals surface area contributed by atoms with Crippen molar-refractivity contribution >= 4 is 56.3 Å². The summed E-state index contributed by atoms with van der Waals surface area (Å²) >= 11 is 2.37. The van der Waals surface area contributed by atoms with Gasteiger partial charge in [0.05, 0.1) is 31.9 Å². The number of thiazole rings is 1. The Kier molecular flexibility index (Phi) is 7.60. The summed E-state index contributed by atoms with van der Waals surface area (Å²) in [6.07, 6.45) is 0.984. The molecule has 1 amide bonds. The standard InChI is InChI=1S/C22H23N3O5S2/c1-5-13-6-8-14(9-7-13)23-22-24-15(11-31-22)10-16(26)25-19-17(20(27)29-3)12(2)18(32-19)21(28)30-4/h6-9,11H,5,10H2,1-4H3,(H,23,24)(H,25,26). The average molecular weight is 474 g/mol. The molecule has 0 saturated heterocycles. The molecular formula is C22H23N3O5S2. The van der Waals surface area contributed by atoms with Crippen molar-refractivity contribution in [3.63, 3.8) is 0 Å². The van der Waals surface area contributed by atoms with Gasteiger partial charge in [-0.3, -0.25) is 4.79 Å². The second-order valence-electron chi connectivity index (χ2n) is 6.79. The van der Waals surface area contributed by atoms with E-state index in [1.165, 1.54) is 31.1 Å². The Balaban J connectivity index is 1.70. The van der Waals surface area contributed by atoms with Crippen LogP contribution in [0.15, 0.2) is 29.6 Å². The van der Waals surface area contributed by atoms with Gasteiger partial charge in [-0.1, -0.05) is 19.1 Å². The minimum Gasteiger partial charge on any atom is -0.465 e. The first kappa shape index (κ1) is 23.4. The lowest BCUT2D eigenvalue weighted by atomic mass is 10.1. The largest absolute Gasteiger partial charge is 0.465 e. The third-order valence-electron chi connectivity index (χ3n) is 4.67. The van der Waals surface area contributed by atoms with E-state index in [4.69, 9.17) is 9.47 Å². The molecule has 8 nitrogen and oxygen atoms in total.